The van der Waals surface area contributed by atoms with E-state index in [0.717, 1.165) is 17.7 Å². The summed E-state index contributed by atoms with van der Waals surface area (Å²) >= 11 is 0. The van der Waals surface area contributed by atoms with E-state index < -0.39 is 11.6 Å². The first kappa shape index (κ1) is 16.6. The van der Waals surface area contributed by atoms with Crippen molar-refractivity contribution in [1.29, 1.82) is 0 Å². The van der Waals surface area contributed by atoms with Gasteiger partial charge in [-0.3, -0.25) is 4.79 Å². The summed E-state index contributed by atoms with van der Waals surface area (Å²) in [6, 6.07) is 14.2. The first-order chi connectivity index (χ1) is 12.0. The van der Waals surface area contributed by atoms with Gasteiger partial charge in [-0.05, 0) is 30.7 Å². The molecule has 0 aliphatic carbocycles. The maximum atomic E-state index is 13.9. The third-order valence-electron chi connectivity index (χ3n) is 3.50. The summed E-state index contributed by atoms with van der Waals surface area (Å²) in [4.78, 5) is 12.0. The molecule has 0 spiro atoms. The fraction of sp³-hybridized carbons (Fsp3) is 0.0526. The first-order valence-electron chi connectivity index (χ1n) is 7.59. The number of benzene rings is 2. The van der Waals surface area contributed by atoms with E-state index in [4.69, 9.17) is 0 Å². The van der Waals surface area contributed by atoms with Crippen molar-refractivity contribution >= 4 is 17.8 Å². The zero-order valence-corrected chi connectivity index (χ0v) is 13.4. The molecule has 0 saturated heterocycles. The normalized spacial score (nSPS) is 11.0. The quantitative estimate of drug-likeness (QED) is 0.727. The lowest BCUT2D eigenvalue weighted by molar-refractivity contribution is -0.111. The van der Waals surface area contributed by atoms with E-state index in [1.54, 1.807) is 19.1 Å². The predicted molar refractivity (Wildman–Crippen MR) is 92.3 cm³/mol. The molecule has 0 atom stereocenters. The van der Waals surface area contributed by atoms with Crippen molar-refractivity contribution in [2.75, 3.05) is 5.32 Å². The topological polar surface area (TPSA) is 46.9 Å². The van der Waals surface area contributed by atoms with Crippen LogP contribution in [0.2, 0.25) is 0 Å². The molecule has 1 amide bonds. The molecule has 3 aromatic rings. The number of carbonyl (C=O) groups excluding carboxylic acids is 1. The van der Waals surface area contributed by atoms with Crippen LogP contribution in [0.4, 0.5) is 14.6 Å². The number of nitrogens with zero attached hydrogens (tertiary/aromatic N) is 2. The molecule has 0 saturated carbocycles. The molecule has 126 valence electrons. The Balaban J connectivity index is 1.76. The smallest absolute Gasteiger partial charge is 0.249 e. The fourth-order valence-electron chi connectivity index (χ4n) is 2.34. The maximum Gasteiger partial charge on any atom is 0.249 e. The number of hydrogen-bond donors (Lipinski definition) is 1. The van der Waals surface area contributed by atoms with Gasteiger partial charge in [-0.1, -0.05) is 30.3 Å². The molecule has 25 heavy (non-hydrogen) atoms. The van der Waals surface area contributed by atoms with Crippen LogP contribution >= 0.6 is 0 Å². The number of anilines is 1. The maximum absolute atomic E-state index is 13.9. The van der Waals surface area contributed by atoms with Crippen molar-refractivity contribution in [2.24, 2.45) is 0 Å². The van der Waals surface area contributed by atoms with Crippen molar-refractivity contribution < 1.29 is 13.6 Å². The number of carbonyl (C=O) groups is 1. The molecule has 1 heterocycles. The molecule has 0 aliphatic rings. The molecule has 0 fully saturated rings. The van der Waals surface area contributed by atoms with Crippen molar-refractivity contribution in [3.8, 4) is 5.69 Å². The van der Waals surface area contributed by atoms with Gasteiger partial charge in [0.25, 0.3) is 0 Å². The molecule has 4 nitrogen and oxygen atoms in total. The zero-order chi connectivity index (χ0) is 17.8. The largest absolute Gasteiger partial charge is 0.306 e. The third kappa shape index (κ3) is 3.98. The lowest BCUT2D eigenvalue weighted by Gasteiger charge is -2.05. The van der Waals surface area contributed by atoms with Crippen molar-refractivity contribution in [3.05, 3.63) is 83.6 Å². The van der Waals surface area contributed by atoms with Gasteiger partial charge in [-0.2, -0.15) is 0 Å². The number of aromatic nitrogens is 2. The van der Waals surface area contributed by atoms with Crippen molar-refractivity contribution in [1.82, 2.24) is 9.78 Å². The number of aryl methyl sites for hydroxylation is 1. The molecular formula is C19H15F2N3O. The summed E-state index contributed by atoms with van der Waals surface area (Å²) < 4.78 is 28.2. The van der Waals surface area contributed by atoms with E-state index in [1.165, 1.54) is 16.8 Å². The number of halogens is 2. The second-order valence-corrected chi connectivity index (χ2v) is 5.41. The van der Waals surface area contributed by atoms with Crippen molar-refractivity contribution in [3.63, 3.8) is 0 Å². The number of hydrogen-bond acceptors (Lipinski definition) is 2. The van der Waals surface area contributed by atoms with Crippen LogP contribution in [0.1, 0.15) is 11.3 Å². The van der Waals surface area contributed by atoms with Crippen LogP contribution < -0.4 is 5.32 Å². The molecule has 3 rings (SSSR count). The molecule has 2 aromatic carbocycles. The second-order valence-electron chi connectivity index (χ2n) is 5.41. The molecule has 0 unspecified atom stereocenters. The summed E-state index contributed by atoms with van der Waals surface area (Å²) in [5.41, 5.74) is 1.61. The summed E-state index contributed by atoms with van der Waals surface area (Å²) in [5, 5.41) is 6.77. The van der Waals surface area contributed by atoms with Crippen LogP contribution in [0.25, 0.3) is 11.8 Å². The Hall–Kier alpha value is -3.28. The second kappa shape index (κ2) is 7.09. The van der Waals surface area contributed by atoms with Crippen LogP contribution in [-0.2, 0) is 4.79 Å². The molecular weight excluding hydrogens is 324 g/mol. The zero-order valence-electron chi connectivity index (χ0n) is 13.4. The molecule has 6 heteroatoms. The van der Waals surface area contributed by atoms with E-state index in [-0.39, 0.29) is 17.4 Å². The number of nitrogens with one attached hydrogen (secondary N) is 1. The average molecular weight is 339 g/mol. The van der Waals surface area contributed by atoms with Gasteiger partial charge in [-0.25, -0.2) is 13.5 Å². The Kier molecular flexibility index (Phi) is 4.70. The van der Waals surface area contributed by atoms with Crippen LogP contribution in [0, 0.1) is 18.6 Å². The van der Waals surface area contributed by atoms with Gasteiger partial charge >= 0.3 is 0 Å². The van der Waals surface area contributed by atoms with E-state index in [2.05, 4.69) is 10.4 Å². The van der Waals surface area contributed by atoms with Gasteiger partial charge < -0.3 is 5.32 Å². The van der Waals surface area contributed by atoms with Crippen LogP contribution in [0.5, 0.6) is 0 Å². The highest BCUT2D eigenvalue weighted by Crippen LogP contribution is 2.19. The Morgan fingerprint density at radius 3 is 2.60 bits per heavy atom. The van der Waals surface area contributed by atoms with E-state index in [9.17, 15) is 13.6 Å². The van der Waals surface area contributed by atoms with Gasteiger partial charge in [0.15, 0.2) is 11.6 Å². The van der Waals surface area contributed by atoms with Crippen LogP contribution in [-0.4, -0.2) is 15.7 Å². The Morgan fingerprint density at radius 2 is 1.88 bits per heavy atom. The van der Waals surface area contributed by atoms with Gasteiger partial charge in [0, 0.05) is 23.9 Å². The van der Waals surface area contributed by atoms with Gasteiger partial charge in [-0.15, -0.1) is 5.10 Å². The van der Waals surface area contributed by atoms with Crippen molar-refractivity contribution in [2.45, 2.75) is 6.92 Å². The molecule has 0 aliphatic heterocycles. The minimum absolute atomic E-state index is 0.110. The summed E-state index contributed by atoms with van der Waals surface area (Å²) in [6.07, 6.45) is 3.07. The van der Waals surface area contributed by atoms with E-state index in [1.807, 2.05) is 30.3 Å². The van der Waals surface area contributed by atoms with E-state index in [0.29, 0.717) is 5.69 Å². The predicted octanol–water partition coefficient (Wildman–Crippen LogP) is 4.11. The lowest BCUT2D eigenvalue weighted by Crippen LogP contribution is -2.09. The highest BCUT2D eigenvalue weighted by atomic mass is 19.1. The number of rotatable bonds is 4. The summed E-state index contributed by atoms with van der Waals surface area (Å²) in [7, 11) is 0. The molecule has 0 bridgehead atoms. The Labute approximate surface area is 143 Å². The highest BCUT2D eigenvalue weighted by molar-refractivity contribution is 6.01. The Morgan fingerprint density at radius 1 is 1.12 bits per heavy atom. The fourth-order valence-corrected chi connectivity index (χ4v) is 2.34. The third-order valence-corrected chi connectivity index (χ3v) is 3.50. The van der Waals surface area contributed by atoms with E-state index >= 15 is 0 Å². The standard InChI is InChI=1S/C19H15F2N3O/c1-13-11-18(22-19(25)10-7-14-5-3-2-4-6-14)23-24(13)17-9-8-15(20)12-16(17)21/h2-12H,1H3,(H,22,23,25)/b10-7+. The average Bonchev–Trinajstić information content (AvgIpc) is 2.94. The van der Waals surface area contributed by atoms with Crippen LogP contribution in [0.3, 0.4) is 0 Å². The summed E-state index contributed by atoms with van der Waals surface area (Å²) in [5.74, 6) is -1.46. The molecule has 1 aromatic heterocycles. The number of amides is 1. The summed E-state index contributed by atoms with van der Waals surface area (Å²) in [6.45, 7) is 1.71. The lowest BCUT2D eigenvalue weighted by atomic mass is 10.2. The molecule has 1 N–H and O–H groups in total. The minimum atomic E-state index is -0.729. The minimum Gasteiger partial charge on any atom is -0.306 e. The monoisotopic (exact) mass is 339 g/mol. The van der Waals surface area contributed by atoms with Gasteiger partial charge in [0.2, 0.25) is 5.91 Å². The van der Waals surface area contributed by atoms with Gasteiger partial charge in [0.05, 0.1) is 0 Å². The highest BCUT2D eigenvalue weighted by Gasteiger charge is 2.12. The molecule has 0 radical (unpaired) electrons. The first-order valence-corrected chi connectivity index (χ1v) is 7.59. The Bertz CT molecular complexity index is 933. The van der Waals surface area contributed by atoms with Crippen LogP contribution in [0.15, 0.2) is 60.7 Å². The SMILES string of the molecule is Cc1cc(NC(=O)/C=C/c2ccccc2)nn1-c1ccc(F)cc1F. The van der Waals surface area contributed by atoms with Gasteiger partial charge in [0.1, 0.15) is 11.5 Å².